The Morgan fingerprint density at radius 3 is 2.75 bits per heavy atom. The highest BCUT2D eigenvalue weighted by Crippen LogP contribution is 2.25. The normalized spacial score (nSPS) is 10.4. The molecular weight excluding hydrogens is 204 g/mol. The van der Waals surface area contributed by atoms with Gasteiger partial charge >= 0.3 is 0 Å². The quantitative estimate of drug-likeness (QED) is 0.857. The summed E-state index contributed by atoms with van der Waals surface area (Å²) in [6, 6.07) is 6.90. The fourth-order valence-electron chi connectivity index (χ4n) is 1.52. The lowest BCUT2D eigenvalue weighted by atomic mass is 10.3. The summed E-state index contributed by atoms with van der Waals surface area (Å²) in [5, 5.41) is 9.51. The first-order valence-corrected chi connectivity index (χ1v) is 5.06. The molecule has 0 aliphatic rings. The first-order valence-electron chi connectivity index (χ1n) is 5.06. The topological polar surface area (TPSA) is 47.3 Å². The molecule has 0 unspecified atom stereocenters. The van der Waals surface area contributed by atoms with Gasteiger partial charge in [-0.3, -0.25) is 0 Å². The van der Waals surface area contributed by atoms with Gasteiger partial charge in [-0.2, -0.15) is 0 Å². The minimum Gasteiger partial charge on any atom is -0.504 e. The summed E-state index contributed by atoms with van der Waals surface area (Å²) in [5.41, 5.74) is 0.957. The van der Waals surface area contributed by atoms with Gasteiger partial charge in [-0.05, 0) is 19.1 Å². The Kier molecular flexibility index (Phi) is 2.81. The first kappa shape index (κ1) is 10.5. The van der Waals surface area contributed by atoms with Crippen LogP contribution in [0.3, 0.4) is 0 Å². The summed E-state index contributed by atoms with van der Waals surface area (Å²) in [6.07, 6.45) is 1.93. The summed E-state index contributed by atoms with van der Waals surface area (Å²) in [7, 11) is 1.92. The van der Waals surface area contributed by atoms with Gasteiger partial charge in [0.15, 0.2) is 11.5 Å². The predicted octanol–water partition coefficient (Wildman–Crippen LogP) is 2.01. The molecule has 0 radical (unpaired) electrons. The fraction of sp³-hybridized carbons (Fsp3) is 0.250. The molecule has 1 heterocycles. The molecule has 1 N–H and O–H groups in total. The van der Waals surface area contributed by atoms with Crippen LogP contribution in [-0.4, -0.2) is 14.7 Å². The number of rotatable bonds is 3. The second-order valence-electron chi connectivity index (χ2n) is 3.67. The Morgan fingerprint density at radius 2 is 2.12 bits per heavy atom. The number of hydrogen-bond donors (Lipinski definition) is 1. The van der Waals surface area contributed by atoms with Crippen molar-refractivity contribution in [3.05, 3.63) is 42.0 Å². The van der Waals surface area contributed by atoms with E-state index in [1.165, 1.54) is 0 Å². The Labute approximate surface area is 94.1 Å². The predicted molar refractivity (Wildman–Crippen MR) is 60.4 cm³/mol. The molecule has 1 aromatic carbocycles. The first-order chi connectivity index (χ1) is 7.66. The van der Waals surface area contributed by atoms with Crippen LogP contribution < -0.4 is 4.74 Å². The maximum Gasteiger partial charge on any atom is 0.161 e. The van der Waals surface area contributed by atoms with Crippen molar-refractivity contribution in [1.29, 1.82) is 0 Å². The van der Waals surface area contributed by atoms with Crippen LogP contribution in [-0.2, 0) is 13.7 Å². The zero-order valence-corrected chi connectivity index (χ0v) is 9.34. The van der Waals surface area contributed by atoms with E-state index in [1.807, 2.05) is 30.8 Å². The Morgan fingerprint density at radius 1 is 1.38 bits per heavy atom. The van der Waals surface area contributed by atoms with Gasteiger partial charge in [0.2, 0.25) is 0 Å². The van der Waals surface area contributed by atoms with Gasteiger partial charge in [0, 0.05) is 13.2 Å². The number of aromatic nitrogens is 2. The van der Waals surface area contributed by atoms with Gasteiger partial charge in [-0.15, -0.1) is 0 Å². The summed E-state index contributed by atoms with van der Waals surface area (Å²) >= 11 is 0. The number of imidazole rings is 1. The van der Waals surface area contributed by atoms with E-state index in [9.17, 15) is 5.11 Å². The summed E-state index contributed by atoms with van der Waals surface area (Å²) in [6.45, 7) is 2.28. The van der Waals surface area contributed by atoms with Crippen LogP contribution in [0.1, 0.15) is 11.5 Å². The van der Waals surface area contributed by atoms with Crippen molar-refractivity contribution in [3.63, 3.8) is 0 Å². The van der Waals surface area contributed by atoms with Crippen LogP contribution in [0.5, 0.6) is 11.5 Å². The van der Waals surface area contributed by atoms with E-state index in [0.717, 1.165) is 11.5 Å². The van der Waals surface area contributed by atoms with Gasteiger partial charge in [0.05, 0.1) is 5.69 Å². The van der Waals surface area contributed by atoms with Crippen LogP contribution in [0, 0.1) is 6.92 Å². The van der Waals surface area contributed by atoms with E-state index < -0.39 is 0 Å². The molecule has 2 aromatic rings. The van der Waals surface area contributed by atoms with Crippen molar-refractivity contribution in [2.45, 2.75) is 13.5 Å². The average Bonchev–Trinajstić information content (AvgIpc) is 2.56. The number of phenols is 1. The molecule has 0 saturated carbocycles. The molecule has 84 valence electrons. The maximum atomic E-state index is 9.51. The molecule has 0 aliphatic carbocycles. The van der Waals surface area contributed by atoms with Gasteiger partial charge in [-0.1, -0.05) is 12.1 Å². The Bertz CT molecular complexity index is 492. The molecular formula is C12H14N2O2. The second kappa shape index (κ2) is 4.26. The van der Waals surface area contributed by atoms with Crippen LogP contribution in [0.4, 0.5) is 0 Å². The molecule has 0 atom stereocenters. The third kappa shape index (κ3) is 2.16. The summed E-state index contributed by atoms with van der Waals surface area (Å²) in [4.78, 5) is 4.31. The van der Waals surface area contributed by atoms with Crippen molar-refractivity contribution < 1.29 is 9.84 Å². The molecule has 4 heteroatoms. The van der Waals surface area contributed by atoms with Gasteiger partial charge in [0.25, 0.3) is 0 Å². The van der Waals surface area contributed by atoms with Crippen LogP contribution in [0.2, 0.25) is 0 Å². The van der Waals surface area contributed by atoms with Gasteiger partial charge in [-0.25, -0.2) is 4.98 Å². The zero-order chi connectivity index (χ0) is 11.5. The number of aryl methyl sites for hydroxylation is 2. The van der Waals surface area contributed by atoms with E-state index in [1.54, 1.807) is 18.2 Å². The van der Waals surface area contributed by atoms with Gasteiger partial charge in [0.1, 0.15) is 12.4 Å². The zero-order valence-electron chi connectivity index (χ0n) is 9.34. The van der Waals surface area contributed by atoms with Crippen molar-refractivity contribution in [1.82, 2.24) is 9.55 Å². The SMILES string of the molecule is Cc1cn(C)c(COc2ccccc2O)n1. The summed E-state index contributed by atoms with van der Waals surface area (Å²) < 4.78 is 7.40. The van der Waals surface area contributed by atoms with E-state index in [-0.39, 0.29) is 5.75 Å². The molecule has 1 aromatic heterocycles. The molecule has 4 nitrogen and oxygen atoms in total. The number of aromatic hydroxyl groups is 1. The lowest BCUT2D eigenvalue weighted by Crippen LogP contribution is -2.02. The van der Waals surface area contributed by atoms with E-state index in [0.29, 0.717) is 12.4 Å². The summed E-state index contributed by atoms with van der Waals surface area (Å²) in [5.74, 6) is 1.46. The number of nitrogens with zero attached hydrogens (tertiary/aromatic N) is 2. The minimum absolute atomic E-state index is 0.147. The number of para-hydroxylation sites is 2. The van der Waals surface area contributed by atoms with Crippen LogP contribution >= 0.6 is 0 Å². The second-order valence-corrected chi connectivity index (χ2v) is 3.67. The number of benzene rings is 1. The molecule has 0 fully saturated rings. The monoisotopic (exact) mass is 218 g/mol. The molecule has 2 rings (SSSR count). The molecule has 0 aliphatic heterocycles. The van der Waals surface area contributed by atoms with Crippen molar-refractivity contribution in [3.8, 4) is 11.5 Å². The van der Waals surface area contributed by atoms with Crippen LogP contribution in [0.25, 0.3) is 0 Å². The Hall–Kier alpha value is -1.97. The number of phenolic OH excluding ortho intramolecular Hbond substituents is 1. The largest absolute Gasteiger partial charge is 0.504 e. The van der Waals surface area contributed by atoms with E-state index in [4.69, 9.17) is 4.74 Å². The van der Waals surface area contributed by atoms with E-state index >= 15 is 0 Å². The van der Waals surface area contributed by atoms with Gasteiger partial charge < -0.3 is 14.4 Å². The maximum absolute atomic E-state index is 9.51. The highest BCUT2D eigenvalue weighted by molar-refractivity contribution is 5.37. The molecule has 0 amide bonds. The smallest absolute Gasteiger partial charge is 0.161 e. The highest BCUT2D eigenvalue weighted by atomic mass is 16.5. The third-order valence-electron chi connectivity index (χ3n) is 2.32. The minimum atomic E-state index is 0.147. The average molecular weight is 218 g/mol. The number of ether oxygens (including phenoxy) is 1. The molecule has 0 spiro atoms. The molecule has 0 bridgehead atoms. The number of hydrogen-bond acceptors (Lipinski definition) is 3. The third-order valence-corrected chi connectivity index (χ3v) is 2.32. The fourth-order valence-corrected chi connectivity index (χ4v) is 1.52. The lowest BCUT2D eigenvalue weighted by molar-refractivity contribution is 0.277. The highest BCUT2D eigenvalue weighted by Gasteiger charge is 2.05. The van der Waals surface area contributed by atoms with Crippen molar-refractivity contribution >= 4 is 0 Å². The van der Waals surface area contributed by atoms with E-state index in [2.05, 4.69) is 4.98 Å². The molecule has 16 heavy (non-hydrogen) atoms. The molecule has 0 saturated heterocycles. The Balaban J connectivity index is 2.08. The van der Waals surface area contributed by atoms with Crippen LogP contribution in [0.15, 0.2) is 30.5 Å². The lowest BCUT2D eigenvalue weighted by Gasteiger charge is -2.07. The van der Waals surface area contributed by atoms with Crippen molar-refractivity contribution in [2.75, 3.05) is 0 Å². The van der Waals surface area contributed by atoms with Crippen molar-refractivity contribution in [2.24, 2.45) is 7.05 Å². The standard InChI is InChI=1S/C12H14N2O2/c1-9-7-14(2)12(13-9)8-16-11-6-4-3-5-10(11)15/h3-7,15H,8H2,1-2H3.